The molecule has 8 nitrogen and oxygen atoms in total. The van der Waals surface area contributed by atoms with Gasteiger partial charge < -0.3 is 19.5 Å². The third-order valence-electron chi connectivity index (χ3n) is 2.80. The van der Waals surface area contributed by atoms with Gasteiger partial charge in [-0.05, 0) is 17.7 Å². The molecule has 0 saturated heterocycles. The van der Waals surface area contributed by atoms with Gasteiger partial charge in [-0.3, -0.25) is 14.9 Å². The summed E-state index contributed by atoms with van der Waals surface area (Å²) in [6.45, 7) is 0.437. The lowest BCUT2D eigenvalue weighted by molar-refractivity contribution is -0.147. The van der Waals surface area contributed by atoms with E-state index in [1.54, 1.807) is 18.2 Å². The summed E-state index contributed by atoms with van der Waals surface area (Å²) in [6.07, 6.45) is -0.0100. The first-order chi connectivity index (χ1) is 10.6. The van der Waals surface area contributed by atoms with Crippen LogP contribution < -0.4 is 20.1 Å². The monoisotopic (exact) mass is 308 g/mol. The lowest BCUT2D eigenvalue weighted by Crippen LogP contribution is -2.39. The van der Waals surface area contributed by atoms with Gasteiger partial charge in [-0.25, -0.2) is 4.79 Å². The van der Waals surface area contributed by atoms with Gasteiger partial charge in [-0.15, -0.1) is 0 Å². The van der Waals surface area contributed by atoms with Crippen LogP contribution in [-0.4, -0.2) is 44.8 Å². The van der Waals surface area contributed by atoms with Crippen molar-refractivity contribution in [3.05, 3.63) is 23.8 Å². The summed E-state index contributed by atoms with van der Waals surface area (Å²) in [6, 6.07) is 4.47. The number of ether oxygens (including phenoxy) is 3. The van der Waals surface area contributed by atoms with Crippen LogP contribution in [0, 0.1) is 0 Å². The molecule has 0 unspecified atom stereocenters. The molecule has 0 aliphatic carbocycles. The Morgan fingerprint density at radius 3 is 2.64 bits per heavy atom. The summed E-state index contributed by atoms with van der Waals surface area (Å²) in [7, 11) is 1.37. The minimum absolute atomic E-state index is 0.0100. The quantitative estimate of drug-likeness (QED) is 0.759. The standard InChI is InChI=1S/C14H16N2O6/c1-15-14(19)16-12(17)8-22-13(18)7-9-2-3-10-11(6-9)21-5-4-20-10/h2-3,6H,4-5,7-8H2,1H3,(H2,15,16,17,19). The van der Waals surface area contributed by atoms with Crippen molar-refractivity contribution in [1.82, 2.24) is 10.6 Å². The van der Waals surface area contributed by atoms with Crippen molar-refractivity contribution in [2.24, 2.45) is 0 Å². The fourth-order valence-corrected chi connectivity index (χ4v) is 1.79. The van der Waals surface area contributed by atoms with Crippen LogP contribution in [0.2, 0.25) is 0 Å². The first-order valence-electron chi connectivity index (χ1n) is 6.64. The summed E-state index contributed by atoms with van der Waals surface area (Å²) in [5.41, 5.74) is 0.681. The Kier molecular flexibility index (Phi) is 5.18. The first-order valence-corrected chi connectivity index (χ1v) is 6.64. The molecule has 0 saturated carbocycles. The van der Waals surface area contributed by atoms with E-state index in [4.69, 9.17) is 14.2 Å². The lowest BCUT2D eigenvalue weighted by atomic mass is 10.1. The average molecular weight is 308 g/mol. The van der Waals surface area contributed by atoms with E-state index in [1.807, 2.05) is 5.32 Å². The Labute approximate surface area is 126 Å². The van der Waals surface area contributed by atoms with E-state index in [0.29, 0.717) is 30.3 Å². The molecule has 0 spiro atoms. The molecule has 1 aliphatic rings. The van der Waals surface area contributed by atoms with E-state index in [1.165, 1.54) is 7.05 Å². The molecule has 118 valence electrons. The number of hydrogen-bond donors (Lipinski definition) is 2. The number of fused-ring (bicyclic) bond motifs is 1. The van der Waals surface area contributed by atoms with Crippen molar-refractivity contribution in [3.8, 4) is 11.5 Å². The molecule has 2 rings (SSSR count). The molecule has 0 fully saturated rings. The van der Waals surface area contributed by atoms with Crippen LogP contribution in [-0.2, 0) is 20.7 Å². The van der Waals surface area contributed by atoms with Crippen molar-refractivity contribution in [2.75, 3.05) is 26.9 Å². The number of imide groups is 1. The molecule has 3 amide bonds. The summed E-state index contributed by atoms with van der Waals surface area (Å²) < 4.78 is 15.6. The number of benzene rings is 1. The van der Waals surface area contributed by atoms with Crippen molar-refractivity contribution < 1.29 is 28.6 Å². The Morgan fingerprint density at radius 1 is 1.18 bits per heavy atom. The van der Waals surface area contributed by atoms with Crippen LogP contribution in [0.1, 0.15) is 5.56 Å². The predicted molar refractivity (Wildman–Crippen MR) is 74.7 cm³/mol. The van der Waals surface area contributed by atoms with Crippen LogP contribution in [0.3, 0.4) is 0 Å². The third kappa shape index (κ3) is 4.37. The van der Waals surface area contributed by atoms with E-state index in [9.17, 15) is 14.4 Å². The summed E-state index contributed by atoms with van der Waals surface area (Å²) in [5, 5.41) is 4.20. The molecule has 22 heavy (non-hydrogen) atoms. The highest BCUT2D eigenvalue weighted by atomic mass is 16.6. The van der Waals surface area contributed by atoms with Gasteiger partial charge in [0.1, 0.15) is 13.2 Å². The smallest absolute Gasteiger partial charge is 0.321 e. The van der Waals surface area contributed by atoms with Gasteiger partial charge in [0.2, 0.25) is 0 Å². The van der Waals surface area contributed by atoms with Gasteiger partial charge >= 0.3 is 12.0 Å². The molecule has 0 bridgehead atoms. The molecule has 0 aromatic heterocycles. The zero-order valence-corrected chi connectivity index (χ0v) is 12.0. The van der Waals surface area contributed by atoms with Gasteiger partial charge in [-0.1, -0.05) is 6.07 Å². The van der Waals surface area contributed by atoms with E-state index in [0.717, 1.165) is 0 Å². The number of esters is 1. The number of rotatable bonds is 4. The van der Waals surface area contributed by atoms with Crippen LogP contribution in [0.4, 0.5) is 4.79 Å². The van der Waals surface area contributed by atoms with E-state index < -0.39 is 24.5 Å². The van der Waals surface area contributed by atoms with Crippen molar-refractivity contribution >= 4 is 17.9 Å². The number of carbonyl (C=O) groups excluding carboxylic acids is 3. The van der Waals surface area contributed by atoms with Crippen molar-refractivity contribution in [1.29, 1.82) is 0 Å². The fraction of sp³-hybridized carbons (Fsp3) is 0.357. The minimum Gasteiger partial charge on any atom is -0.486 e. The molecule has 8 heteroatoms. The number of amides is 3. The molecule has 1 aliphatic heterocycles. The predicted octanol–water partition coefficient (Wildman–Crippen LogP) is -0.000900. The first kappa shape index (κ1) is 15.6. The number of urea groups is 1. The van der Waals surface area contributed by atoms with Gasteiger partial charge in [0.15, 0.2) is 18.1 Å². The molecule has 1 aromatic carbocycles. The summed E-state index contributed by atoms with van der Waals surface area (Å²) in [4.78, 5) is 33.8. The molecule has 0 radical (unpaired) electrons. The number of nitrogens with one attached hydrogen (secondary N) is 2. The summed E-state index contributed by atoms with van der Waals surface area (Å²) >= 11 is 0. The number of carbonyl (C=O) groups is 3. The lowest BCUT2D eigenvalue weighted by Gasteiger charge is -2.18. The minimum atomic E-state index is -0.699. The fourth-order valence-electron chi connectivity index (χ4n) is 1.79. The largest absolute Gasteiger partial charge is 0.486 e. The van der Waals surface area contributed by atoms with E-state index in [2.05, 4.69) is 5.32 Å². The molecule has 1 heterocycles. The highest BCUT2D eigenvalue weighted by Gasteiger charge is 2.14. The zero-order valence-electron chi connectivity index (χ0n) is 12.0. The Balaban J connectivity index is 1.82. The van der Waals surface area contributed by atoms with Crippen LogP contribution in [0.15, 0.2) is 18.2 Å². The van der Waals surface area contributed by atoms with E-state index >= 15 is 0 Å². The van der Waals surface area contributed by atoms with Crippen LogP contribution in [0.5, 0.6) is 11.5 Å². The second-order valence-corrected chi connectivity index (χ2v) is 4.44. The van der Waals surface area contributed by atoms with Gasteiger partial charge in [0.25, 0.3) is 5.91 Å². The maximum Gasteiger partial charge on any atom is 0.321 e. The maximum atomic E-state index is 11.7. The Hall–Kier alpha value is -2.77. The highest BCUT2D eigenvalue weighted by molar-refractivity contribution is 5.95. The average Bonchev–Trinajstić information content (AvgIpc) is 2.52. The van der Waals surface area contributed by atoms with Crippen molar-refractivity contribution in [3.63, 3.8) is 0 Å². The second-order valence-electron chi connectivity index (χ2n) is 4.44. The third-order valence-corrected chi connectivity index (χ3v) is 2.80. The summed E-state index contributed by atoms with van der Waals surface area (Å²) in [5.74, 6) is -0.0687. The molecule has 2 N–H and O–H groups in total. The topological polar surface area (TPSA) is 103 Å². The molecular formula is C14H16N2O6. The maximum absolute atomic E-state index is 11.7. The zero-order chi connectivity index (χ0) is 15.9. The van der Waals surface area contributed by atoms with E-state index in [-0.39, 0.29) is 6.42 Å². The van der Waals surface area contributed by atoms with Gasteiger partial charge in [0.05, 0.1) is 6.42 Å². The Bertz CT molecular complexity index is 587. The van der Waals surface area contributed by atoms with Gasteiger partial charge in [0, 0.05) is 7.05 Å². The van der Waals surface area contributed by atoms with Crippen LogP contribution in [0.25, 0.3) is 0 Å². The van der Waals surface area contributed by atoms with Crippen LogP contribution >= 0.6 is 0 Å². The SMILES string of the molecule is CNC(=O)NC(=O)COC(=O)Cc1ccc2c(c1)OCCO2. The molecule has 0 atom stereocenters. The van der Waals surface area contributed by atoms with Crippen molar-refractivity contribution in [2.45, 2.75) is 6.42 Å². The second kappa shape index (κ2) is 7.30. The van der Waals surface area contributed by atoms with Gasteiger partial charge in [-0.2, -0.15) is 0 Å². The molecule has 1 aromatic rings. The Morgan fingerprint density at radius 2 is 1.91 bits per heavy atom. The molecular weight excluding hydrogens is 292 g/mol. The highest BCUT2D eigenvalue weighted by Crippen LogP contribution is 2.30. The number of hydrogen-bond acceptors (Lipinski definition) is 6. The normalized spacial score (nSPS) is 12.2.